The smallest absolute Gasteiger partial charge is 0.333 e. The van der Waals surface area contributed by atoms with E-state index >= 15 is 0 Å². The van der Waals surface area contributed by atoms with Crippen LogP contribution in [0.2, 0.25) is 0 Å². The first kappa shape index (κ1) is 8.16. The van der Waals surface area contributed by atoms with Gasteiger partial charge in [-0.1, -0.05) is 0 Å². The molecular formula is C5H8F3N3. The molecule has 1 atom stereocenters. The van der Waals surface area contributed by atoms with E-state index in [1.54, 1.807) is 6.92 Å². The maximum Gasteiger partial charge on any atom is 0.451 e. The largest absolute Gasteiger partial charge is 0.451 e. The molecule has 1 aliphatic heterocycles. The summed E-state index contributed by atoms with van der Waals surface area (Å²) in [5, 5.41) is 3.14. The van der Waals surface area contributed by atoms with Crippen molar-refractivity contribution >= 4 is 5.84 Å². The Morgan fingerprint density at radius 2 is 2.09 bits per heavy atom. The van der Waals surface area contributed by atoms with Crippen LogP contribution in [0.25, 0.3) is 0 Å². The molecule has 0 aromatic heterocycles. The summed E-state index contributed by atoms with van der Waals surface area (Å²) in [4.78, 5) is 1.04. The quantitative estimate of drug-likeness (QED) is 0.576. The molecule has 0 fully saturated rings. The van der Waals surface area contributed by atoms with Crippen molar-refractivity contribution in [3.05, 3.63) is 0 Å². The third-order valence-corrected chi connectivity index (χ3v) is 1.53. The molecule has 0 radical (unpaired) electrons. The monoisotopic (exact) mass is 167 g/mol. The van der Waals surface area contributed by atoms with Crippen molar-refractivity contribution < 1.29 is 13.2 Å². The van der Waals surface area contributed by atoms with Gasteiger partial charge in [-0.05, 0) is 6.92 Å². The van der Waals surface area contributed by atoms with Gasteiger partial charge in [-0.15, -0.1) is 0 Å². The number of alkyl halides is 3. The van der Waals surface area contributed by atoms with E-state index in [1.807, 2.05) is 0 Å². The molecule has 0 saturated heterocycles. The predicted octanol–water partition coefficient (Wildman–Crippen LogP) is 0.743. The average molecular weight is 167 g/mol. The van der Waals surface area contributed by atoms with Crippen LogP contribution in [0.1, 0.15) is 6.92 Å². The minimum Gasteiger partial charge on any atom is -0.333 e. The Balaban J connectivity index is 2.76. The van der Waals surface area contributed by atoms with Crippen molar-refractivity contribution in [1.29, 1.82) is 0 Å². The summed E-state index contributed by atoms with van der Waals surface area (Å²) in [5.41, 5.74) is 2.32. The van der Waals surface area contributed by atoms with Gasteiger partial charge in [0.1, 0.15) is 6.17 Å². The van der Waals surface area contributed by atoms with Gasteiger partial charge in [0, 0.05) is 7.05 Å². The van der Waals surface area contributed by atoms with Crippen molar-refractivity contribution in [2.75, 3.05) is 7.05 Å². The van der Waals surface area contributed by atoms with Crippen LogP contribution in [0, 0.1) is 0 Å². The lowest BCUT2D eigenvalue weighted by molar-refractivity contribution is -0.0672. The van der Waals surface area contributed by atoms with Gasteiger partial charge in [0.2, 0.25) is 5.84 Å². The first-order chi connectivity index (χ1) is 4.93. The van der Waals surface area contributed by atoms with Crippen LogP contribution in [0.5, 0.6) is 0 Å². The molecular weight excluding hydrogens is 159 g/mol. The van der Waals surface area contributed by atoms with E-state index in [0.29, 0.717) is 0 Å². The van der Waals surface area contributed by atoms with Crippen LogP contribution in [0.4, 0.5) is 13.2 Å². The zero-order valence-corrected chi connectivity index (χ0v) is 6.11. The summed E-state index contributed by atoms with van der Waals surface area (Å²) in [6.07, 6.45) is -4.74. The summed E-state index contributed by atoms with van der Waals surface area (Å²) >= 11 is 0. The number of amidine groups is 1. The lowest BCUT2D eigenvalue weighted by Gasteiger charge is -2.19. The molecule has 0 bridgehead atoms. The summed E-state index contributed by atoms with van der Waals surface area (Å²) < 4.78 is 35.9. The van der Waals surface area contributed by atoms with Crippen LogP contribution in [-0.4, -0.2) is 30.1 Å². The summed E-state index contributed by atoms with van der Waals surface area (Å²) in [6.45, 7) is 1.60. The average Bonchev–Trinajstić information content (AvgIpc) is 2.11. The molecule has 3 nitrogen and oxygen atoms in total. The van der Waals surface area contributed by atoms with Crippen molar-refractivity contribution in [1.82, 2.24) is 10.3 Å². The van der Waals surface area contributed by atoms with Crippen LogP contribution in [-0.2, 0) is 0 Å². The van der Waals surface area contributed by atoms with Gasteiger partial charge in [-0.2, -0.15) is 18.3 Å². The third kappa shape index (κ3) is 1.38. The molecule has 1 aliphatic rings. The Kier molecular flexibility index (Phi) is 1.69. The first-order valence-corrected chi connectivity index (χ1v) is 3.06. The molecule has 0 amide bonds. The van der Waals surface area contributed by atoms with Crippen molar-refractivity contribution in [2.24, 2.45) is 5.10 Å². The summed E-state index contributed by atoms with van der Waals surface area (Å²) in [7, 11) is 1.34. The van der Waals surface area contributed by atoms with Crippen molar-refractivity contribution in [3.8, 4) is 0 Å². The molecule has 1 heterocycles. The molecule has 0 aliphatic carbocycles. The molecule has 0 saturated carbocycles. The second kappa shape index (κ2) is 2.28. The van der Waals surface area contributed by atoms with Crippen molar-refractivity contribution in [2.45, 2.75) is 19.3 Å². The highest BCUT2D eigenvalue weighted by Crippen LogP contribution is 2.22. The normalized spacial score (nSPS) is 25.0. The van der Waals surface area contributed by atoms with Gasteiger partial charge in [-0.25, -0.2) is 0 Å². The van der Waals surface area contributed by atoms with E-state index in [9.17, 15) is 13.2 Å². The Labute approximate surface area is 61.9 Å². The Morgan fingerprint density at radius 3 is 2.27 bits per heavy atom. The zero-order valence-electron chi connectivity index (χ0n) is 6.11. The van der Waals surface area contributed by atoms with Gasteiger partial charge in [0.15, 0.2) is 0 Å². The minimum absolute atomic E-state index is 0.383. The lowest BCUT2D eigenvalue weighted by atomic mass is 10.4. The highest BCUT2D eigenvalue weighted by atomic mass is 19.4. The second-order valence-electron chi connectivity index (χ2n) is 2.35. The van der Waals surface area contributed by atoms with Crippen molar-refractivity contribution in [3.63, 3.8) is 0 Å². The Morgan fingerprint density at radius 1 is 1.55 bits per heavy atom. The van der Waals surface area contributed by atoms with Gasteiger partial charge >= 0.3 is 6.18 Å². The van der Waals surface area contributed by atoms with Gasteiger partial charge in [0.05, 0.1) is 0 Å². The predicted molar refractivity (Wildman–Crippen MR) is 33.9 cm³/mol. The SMILES string of the molecule is CC1NN=C(C(F)(F)F)N1C. The fraction of sp³-hybridized carbons (Fsp3) is 0.800. The van der Waals surface area contributed by atoms with E-state index < -0.39 is 12.0 Å². The maximum atomic E-state index is 12.0. The Bertz CT molecular complexity index is 186. The fourth-order valence-corrected chi connectivity index (χ4v) is 0.767. The number of hydrogen-bond acceptors (Lipinski definition) is 3. The lowest BCUT2D eigenvalue weighted by Crippen LogP contribution is -2.40. The van der Waals surface area contributed by atoms with Crippen LogP contribution in [0.3, 0.4) is 0 Å². The van der Waals surface area contributed by atoms with E-state index in [1.165, 1.54) is 7.05 Å². The maximum absolute atomic E-state index is 12.0. The number of nitrogens with one attached hydrogen (secondary N) is 1. The molecule has 0 aromatic carbocycles. The fourth-order valence-electron chi connectivity index (χ4n) is 0.767. The van der Waals surface area contributed by atoms with E-state index in [0.717, 1.165) is 4.90 Å². The molecule has 11 heavy (non-hydrogen) atoms. The van der Waals surface area contributed by atoms with E-state index in [4.69, 9.17) is 0 Å². The topological polar surface area (TPSA) is 27.6 Å². The number of halogens is 3. The molecule has 64 valence electrons. The highest BCUT2D eigenvalue weighted by Gasteiger charge is 2.42. The summed E-state index contributed by atoms with van der Waals surface area (Å²) in [5.74, 6) is -0.870. The number of rotatable bonds is 0. The van der Waals surface area contributed by atoms with Gasteiger partial charge < -0.3 is 4.90 Å². The highest BCUT2D eigenvalue weighted by molar-refractivity contribution is 5.88. The summed E-state index contributed by atoms with van der Waals surface area (Å²) in [6, 6.07) is 0. The second-order valence-corrected chi connectivity index (χ2v) is 2.35. The zero-order chi connectivity index (χ0) is 8.65. The Hall–Kier alpha value is -0.940. The van der Waals surface area contributed by atoms with Crippen LogP contribution < -0.4 is 5.43 Å². The standard InChI is InChI=1S/C5H8F3N3/c1-3-9-10-4(11(3)2)5(6,7)8/h3,9H,1-2H3. The van der Waals surface area contributed by atoms with Crippen LogP contribution in [0.15, 0.2) is 5.10 Å². The molecule has 1 rings (SSSR count). The minimum atomic E-state index is -4.35. The molecule has 0 aromatic rings. The number of hydrazone groups is 1. The van der Waals surface area contributed by atoms with Gasteiger partial charge in [0.25, 0.3) is 0 Å². The van der Waals surface area contributed by atoms with Crippen LogP contribution >= 0.6 is 0 Å². The molecule has 0 spiro atoms. The molecule has 1 N–H and O–H groups in total. The third-order valence-electron chi connectivity index (χ3n) is 1.53. The molecule has 1 unspecified atom stereocenters. The van der Waals surface area contributed by atoms with Gasteiger partial charge in [-0.3, -0.25) is 5.43 Å². The number of nitrogens with zero attached hydrogens (tertiary/aromatic N) is 2. The first-order valence-electron chi connectivity index (χ1n) is 3.06. The van der Waals surface area contributed by atoms with E-state index in [2.05, 4.69) is 10.5 Å². The molecule has 6 heteroatoms. The van der Waals surface area contributed by atoms with E-state index in [-0.39, 0.29) is 6.17 Å². The number of hydrogen-bond donors (Lipinski definition) is 1.